The molecule has 0 aliphatic carbocycles. The van der Waals surface area contributed by atoms with Gasteiger partial charge in [0.1, 0.15) is 5.75 Å². The molecule has 0 heterocycles. The second-order valence-corrected chi connectivity index (χ2v) is 4.87. The maximum Gasteiger partial charge on any atom is 0.199 e. The lowest BCUT2D eigenvalue weighted by Gasteiger charge is -2.19. The predicted octanol–water partition coefficient (Wildman–Crippen LogP) is 5.04. The highest BCUT2D eigenvalue weighted by Gasteiger charge is 2.09. The van der Waals surface area contributed by atoms with Gasteiger partial charge < -0.3 is 9.47 Å². The fourth-order valence-electron chi connectivity index (χ4n) is 1.74. The van der Waals surface area contributed by atoms with Crippen molar-refractivity contribution >= 4 is 5.57 Å². The molecule has 106 valence electrons. The molecule has 1 atom stereocenters. The van der Waals surface area contributed by atoms with Crippen LogP contribution in [0.1, 0.15) is 52.0 Å². The van der Waals surface area contributed by atoms with Gasteiger partial charge in [0.25, 0.3) is 0 Å². The molecule has 0 aromatic heterocycles. The zero-order valence-electron chi connectivity index (χ0n) is 12.4. The summed E-state index contributed by atoms with van der Waals surface area (Å²) in [6, 6.07) is 8.03. The van der Waals surface area contributed by atoms with Crippen molar-refractivity contribution in [1.29, 1.82) is 0 Å². The first-order valence-electron chi connectivity index (χ1n) is 7.21. The molecule has 2 heteroatoms. The molecule has 0 spiro atoms. The number of benzene rings is 1. The van der Waals surface area contributed by atoms with Crippen LogP contribution in [0.5, 0.6) is 5.75 Å². The van der Waals surface area contributed by atoms with E-state index in [1.165, 1.54) is 0 Å². The van der Waals surface area contributed by atoms with Crippen LogP contribution in [0.2, 0.25) is 0 Å². The topological polar surface area (TPSA) is 18.5 Å². The molecule has 0 N–H and O–H groups in total. The smallest absolute Gasteiger partial charge is 0.199 e. The van der Waals surface area contributed by atoms with Crippen molar-refractivity contribution < 1.29 is 9.47 Å². The summed E-state index contributed by atoms with van der Waals surface area (Å²) < 4.78 is 11.6. The highest BCUT2D eigenvalue weighted by atomic mass is 16.7. The summed E-state index contributed by atoms with van der Waals surface area (Å²) in [5, 5.41) is 0. The van der Waals surface area contributed by atoms with E-state index in [2.05, 4.69) is 20.4 Å². The van der Waals surface area contributed by atoms with Gasteiger partial charge in [0, 0.05) is 6.42 Å². The van der Waals surface area contributed by atoms with Crippen molar-refractivity contribution in [1.82, 2.24) is 0 Å². The second kappa shape index (κ2) is 8.76. The fraction of sp³-hybridized carbons (Fsp3) is 0.529. The predicted molar refractivity (Wildman–Crippen MR) is 81.3 cm³/mol. The first-order valence-corrected chi connectivity index (χ1v) is 7.21. The minimum absolute atomic E-state index is 0.132. The quantitative estimate of drug-likeness (QED) is 0.458. The zero-order chi connectivity index (χ0) is 14.1. The Morgan fingerprint density at radius 1 is 1.16 bits per heavy atom. The van der Waals surface area contributed by atoms with E-state index in [9.17, 15) is 0 Å². The Morgan fingerprint density at radius 3 is 2.37 bits per heavy atom. The third kappa shape index (κ3) is 5.93. The summed E-state index contributed by atoms with van der Waals surface area (Å²) in [6.45, 7) is 11.0. The van der Waals surface area contributed by atoms with Crippen LogP contribution in [0.4, 0.5) is 0 Å². The monoisotopic (exact) mass is 262 g/mol. The number of rotatable bonds is 9. The molecule has 0 amide bonds. The Kier molecular flexibility index (Phi) is 7.27. The molecular formula is C17H26O2. The van der Waals surface area contributed by atoms with E-state index >= 15 is 0 Å². The van der Waals surface area contributed by atoms with Crippen molar-refractivity contribution in [3.63, 3.8) is 0 Å². The van der Waals surface area contributed by atoms with Crippen molar-refractivity contribution in [3.05, 3.63) is 36.4 Å². The number of hydrogen-bond donors (Lipinski definition) is 0. The van der Waals surface area contributed by atoms with Crippen LogP contribution in [0, 0.1) is 0 Å². The molecular weight excluding hydrogens is 236 g/mol. The lowest BCUT2D eigenvalue weighted by atomic mass is 10.1. The van der Waals surface area contributed by atoms with Gasteiger partial charge in [0.15, 0.2) is 6.29 Å². The van der Waals surface area contributed by atoms with Crippen LogP contribution < -0.4 is 4.74 Å². The molecule has 19 heavy (non-hydrogen) atoms. The number of ether oxygens (including phenoxy) is 2. The molecule has 0 aliphatic heterocycles. The molecule has 1 rings (SSSR count). The summed E-state index contributed by atoms with van der Waals surface area (Å²) in [5.41, 5.74) is 2.21. The Morgan fingerprint density at radius 2 is 1.84 bits per heavy atom. The van der Waals surface area contributed by atoms with Crippen molar-refractivity contribution in [2.45, 2.75) is 52.7 Å². The largest absolute Gasteiger partial charge is 0.465 e. The van der Waals surface area contributed by atoms with Gasteiger partial charge in [-0.15, -0.1) is 0 Å². The van der Waals surface area contributed by atoms with E-state index in [0.717, 1.165) is 49.2 Å². The second-order valence-electron chi connectivity index (χ2n) is 4.87. The minimum Gasteiger partial charge on any atom is -0.465 e. The van der Waals surface area contributed by atoms with Gasteiger partial charge in [-0.1, -0.05) is 51.0 Å². The zero-order valence-corrected chi connectivity index (χ0v) is 12.4. The van der Waals surface area contributed by atoms with Gasteiger partial charge in [0.2, 0.25) is 0 Å². The molecule has 0 radical (unpaired) electrons. The van der Waals surface area contributed by atoms with Crippen molar-refractivity contribution in [3.8, 4) is 5.75 Å². The average molecular weight is 262 g/mol. The maximum atomic E-state index is 5.88. The van der Waals surface area contributed by atoms with Crippen molar-refractivity contribution in [2.75, 3.05) is 6.61 Å². The van der Waals surface area contributed by atoms with Crippen LogP contribution in [0.15, 0.2) is 30.8 Å². The molecule has 1 aromatic carbocycles. The van der Waals surface area contributed by atoms with Gasteiger partial charge in [-0.25, -0.2) is 0 Å². The van der Waals surface area contributed by atoms with Gasteiger partial charge in [0.05, 0.1) is 6.61 Å². The van der Waals surface area contributed by atoms with Crippen LogP contribution in [0.25, 0.3) is 5.57 Å². The standard InChI is InChI=1S/C17H26O2/c1-5-7-13-18-17(8-6-2)19-16-11-9-15(10-12-16)14(3)4/h9-12,17H,3,5-8,13H2,1-2,4H3. The van der Waals surface area contributed by atoms with Crippen LogP contribution in [-0.4, -0.2) is 12.9 Å². The average Bonchev–Trinajstić information content (AvgIpc) is 2.40. The van der Waals surface area contributed by atoms with E-state index < -0.39 is 0 Å². The molecule has 1 unspecified atom stereocenters. The molecule has 0 bridgehead atoms. The SMILES string of the molecule is C=C(C)c1ccc(OC(CCC)OCCCC)cc1. The summed E-state index contributed by atoms with van der Waals surface area (Å²) in [5.74, 6) is 0.861. The first-order chi connectivity index (χ1) is 9.17. The third-order valence-corrected chi connectivity index (χ3v) is 2.94. The van der Waals surface area contributed by atoms with E-state index in [1.54, 1.807) is 0 Å². The normalized spacial score (nSPS) is 12.2. The summed E-state index contributed by atoms with van der Waals surface area (Å²) in [6.07, 6.45) is 4.07. The summed E-state index contributed by atoms with van der Waals surface area (Å²) >= 11 is 0. The first kappa shape index (κ1) is 15.8. The van der Waals surface area contributed by atoms with E-state index in [-0.39, 0.29) is 6.29 Å². The van der Waals surface area contributed by atoms with Gasteiger partial charge in [-0.3, -0.25) is 0 Å². The van der Waals surface area contributed by atoms with Crippen LogP contribution in [0.3, 0.4) is 0 Å². The van der Waals surface area contributed by atoms with Crippen LogP contribution in [-0.2, 0) is 4.74 Å². The lowest BCUT2D eigenvalue weighted by Crippen LogP contribution is -2.21. The van der Waals surface area contributed by atoms with Crippen LogP contribution >= 0.6 is 0 Å². The Balaban J connectivity index is 2.54. The van der Waals surface area contributed by atoms with E-state index in [1.807, 2.05) is 31.2 Å². The fourth-order valence-corrected chi connectivity index (χ4v) is 1.74. The molecule has 2 nitrogen and oxygen atoms in total. The number of allylic oxidation sites excluding steroid dienone is 1. The number of unbranched alkanes of at least 4 members (excludes halogenated alkanes) is 1. The van der Waals surface area contributed by atoms with Gasteiger partial charge >= 0.3 is 0 Å². The van der Waals surface area contributed by atoms with E-state index in [0.29, 0.717) is 0 Å². The molecule has 0 aliphatic rings. The van der Waals surface area contributed by atoms with Gasteiger partial charge in [-0.2, -0.15) is 0 Å². The highest BCUT2D eigenvalue weighted by molar-refractivity contribution is 5.61. The molecule has 0 saturated carbocycles. The minimum atomic E-state index is -0.132. The number of hydrogen-bond acceptors (Lipinski definition) is 2. The lowest BCUT2D eigenvalue weighted by molar-refractivity contribution is -0.0854. The van der Waals surface area contributed by atoms with Gasteiger partial charge in [-0.05, 0) is 31.0 Å². The van der Waals surface area contributed by atoms with E-state index in [4.69, 9.17) is 9.47 Å². The maximum absolute atomic E-state index is 5.88. The molecule has 1 aromatic rings. The third-order valence-electron chi connectivity index (χ3n) is 2.94. The highest BCUT2D eigenvalue weighted by Crippen LogP contribution is 2.19. The van der Waals surface area contributed by atoms with Crippen molar-refractivity contribution in [2.24, 2.45) is 0 Å². The Hall–Kier alpha value is -1.28. The summed E-state index contributed by atoms with van der Waals surface area (Å²) in [4.78, 5) is 0. The molecule has 0 fully saturated rings. The Bertz CT molecular complexity index is 367. The molecule has 0 saturated heterocycles. The summed E-state index contributed by atoms with van der Waals surface area (Å²) in [7, 11) is 0. The Labute approximate surface area is 117 Å².